The van der Waals surface area contributed by atoms with Crippen LogP contribution < -0.4 is 16.8 Å². The highest BCUT2D eigenvalue weighted by Gasteiger charge is 2.44. The van der Waals surface area contributed by atoms with Gasteiger partial charge < -0.3 is 36.3 Å². The molecule has 0 bridgehead atoms. The summed E-state index contributed by atoms with van der Waals surface area (Å²) in [7, 11) is 0. The van der Waals surface area contributed by atoms with Gasteiger partial charge in [0.25, 0.3) is 0 Å². The number of ketones is 3. The van der Waals surface area contributed by atoms with E-state index >= 15 is 0 Å². The number of likely N-dealkylation sites (tertiary alicyclic amines) is 1. The number of nitrogens with two attached hydrogens (primary N) is 2. The van der Waals surface area contributed by atoms with Gasteiger partial charge in [0.2, 0.25) is 23.5 Å². The number of hydrogen-bond acceptors (Lipinski definition) is 11. The van der Waals surface area contributed by atoms with E-state index in [-0.39, 0.29) is 63.5 Å². The van der Waals surface area contributed by atoms with Crippen molar-refractivity contribution in [2.24, 2.45) is 35.1 Å². The predicted octanol–water partition coefficient (Wildman–Crippen LogP) is 1.31. The lowest BCUT2D eigenvalue weighted by Gasteiger charge is -2.30. The lowest BCUT2D eigenvalue weighted by molar-refractivity contribution is -0.152. The highest BCUT2D eigenvalue weighted by Crippen LogP contribution is 2.30. The molecule has 1 saturated heterocycles. The van der Waals surface area contributed by atoms with Gasteiger partial charge in [-0.05, 0) is 44.1 Å². The Labute approximate surface area is 288 Å². The van der Waals surface area contributed by atoms with Gasteiger partial charge in [0.15, 0.2) is 11.6 Å². The molecule has 6 N–H and O–H groups in total. The van der Waals surface area contributed by atoms with Crippen molar-refractivity contribution in [2.45, 2.75) is 117 Å². The number of amides is 3. The molecule has 0 aliphatic carbocycles. The molecule has 0 aromatic heterocycles. The summed E-state index contributed by atoms with van der Waals surface area (Å²) < 4.78 is 10.7. The Balaban J connectivity index is 3.07. The Morgan fingerprint density at radius 2 is 1.63 bits per heavy atom. The van der Waals surface area contributed by atoms with Crippen molar-refractivity contribution in [3.8, 4) is 0 Å². The Hall–Kier alpha value is -3.72. The molecule has 1 fully saturated rings. The smallest absolute Gasteiger partial charge is 0.329 e. The molecule has 0 radical (unpaired) electrons. The van der Waals surface area contributed by atoms with Crippen molar-refractivity contribution < 1.29 is 52.9 Å². The maximum Gasteiger partial charge on any atom is 0.329 e. The van der Waals surface area contributed by atoms with Gasteiger partial charge in [-0.3, -0.25) is 33.6 Å². The Kier molecular flexibility index (Phi) is 19.5. The van der Waals surface area contributed by atoms with Gasteiger partial charge in [-0.15, -0.1) is 0 Å². The highest BCUT2D eigenvalue weighted by atomic mass is 16.5. The monoisotopic (exact) mass is 696 g/mol. The lowest BCUT2D eigenvalue weighted by atomic mass is 9.87. The summed E-state index contributed by atoms with van der Waals surface area (Å²) in [5, 5.41) is 11.6. The van der Waals surface area contributed by atoms with Gasteiger partial charge >= 0.3 is 11.9 Å². The van der Waals surface area contributed by atoms with Gasteiger partial charge in [0.1, 0.15) is 12.6 Å². The number of unbranched alkanes of at least 4 members (excludes halogenated alkanes) is 1. The first-order valence-electron chi connectivity index (χ1n) is 17.2. The van der Waals surface area contributed by atoms with E-state index in [0.717, 1.165) is 0 Å². The lowest BCUT2D eigenvalue weighted by Crippen LogP contribution is -2.46. The van der Waals surface area contributed by atoms with Crippen molar-refractivity contribution in [3.63, 3.8) is 0 Å². The van der Waals surface area contributed by atoms with E-state index < -0.39 is 90.1 Å². The molecule has 49 heavy (non-hydrogen) atoms. The van der Waals surface area contributed by atoms with E-state index in [9.17, 15) is 38.4 Å². The van der Waals surface area contributed by atoms with E-state index in [1.165, 1.54) is 4.90 Å². The minimum atomic E-state index is -1.22. The third kappa shape index (κ3) is 15.6. The number of carboxylic acids is 1. The van der Waals surface area contributed by atoms with E-state index in [0.29, 0.717) is 25.8 Å². The zero-order valence-electron chi connectivity index (χ0n) is 29.6. The van der Waals surface area contributed by atoms with Gasteiger partial charge in [-0.1, -0.05) is 41.0 Å². The first kappa shape index (κ1) is 43.3. The maximum absolute atomic E-state index is 13.9. The van der Waals surface area contributed by atoms with E-state index in [2.05, 4.69) is 5.32 Å². The molecule has 3 unspecified atom stereocenters. The summed E-state index contributed by atoms with van der Waals surface area (Å²) >= 11 is 0. The summed E-state index contributed by atoms with van der Waals surface area (Å²) in [4.78, 5) is 103. The molecular formula is C34H56N4O11. The fraction of sp³-hybridized carbons (Fsp3) is 0.765. The molecule has 0 aromatic carbocycles. The molecule has 15 heteroatoms. The molecule has 1 rings (SSSR count). The fourth-order valence-corrected chi connectivity index (χ4v) is 5.65. The molecule has 1 aliphatic heterocycles. The minimum absolute atomic E-state index is 0.0199. The van der Waals surface area contributed by atoms with Gasteiger partial charge in [0, 0.05) is 38.1 Å². The molecule has 0 aromatic rings. The number of esters is 1. The summed E-state index contributed by atoms with van der Waals surface area (Å²) in [6.45, 7) is 8.94. The number of primary amides is 1. The second-order valence-electron chi connectivity index (χ2n) is 13.5. The summed E-state index contributed by atoms with van der Waals surface area (Å²) in [5.74, 6) is -7.84. The first-order valence-corrected chi connectivity index (χ1v) is 17.2. The summed E-state index contributed by atoms with van der Waals surface area (Å²) in [6.07, 6.45) is -0.0245. The molecule has 15 nitrogen and oxygen atoms in total. The second kappa shape index (κ2) is 22.1. The van der Waals surface area contributed by atoms with Crippen LogP contribution in [0.2, 0.25) is 0 Å². The molecule has 278 valence electrons. The van der Waals surface area contributed by atoms with Crippen LogP contribution in [0.25, 0.3) is 0 Å². The number of ether oxygens (including phenoxy) is 2. The third-order valence-corrected chi connectivity index (χ3v) is 8.38. The SMILES string of the molecule is CCCC(CC(=O)[C@@H]1C[C@@H](OCC(=O)O)CN1C(=O)C(CC(=O)OCC(C)C)C(C)C)C(=O)C(=O)CCC(=O)NC(CCCCN)C(N)=O. The number of carbonyl (C=O) groups excluding carboxylic acids is 7. The molecule has 5 atom stereocenters. The van der Waals surface area contributed by atoms with E-state index in [1.54, 1.807) is 20.8 Å². The molecule has 0 saturated carbocycles. The zero-order valence-corrected chi connectivity index (χ0v) is 29.6. The highest BCUT2D eigenvalue weighted by molar-refractivity contribution is 6.38. The van der Waals surface area contributed by atoms with Crippen molar-refractivity contribution in [1.82, 2.24) is 10.2 Å². The number of carboxylic acid groups (broad SMARTS) is 1. The van der Waals surface area contributed by atoms with Gasteiger partial charge in [-0.2, -0.15) is 0 Å². The van der Waals surface area contributed by atoms with Crippen molar-refractivity contribution >= 4 is 47.0 Å². The van der Waals surface area contributed by atoms with Crippen molar-refractivity contribution in [2.75, 3.05) is 26.3 Å². The van der Waals surface area contributed by atoms with Crippen LogP contribution in [0.1, 0.15) is 98.8 Å². The Morgan fingerprint density at radius 3 is 2.18 bits per heavy atom. The van der Waals surface area contributed by atoms with E-state index in [1.807, 2.05) is 13.8 Å². The van der Waals surface area contributed by atoms with Crippen LogP contribution in [0.4, 0.5) is 0 Å². The molecule has 1 aliphatic rings. The number of Topliss-reactive ketones (excluding diaryl/α,β-unsaturated/α-hetero) is 3. The van der Waals surface area contributed by atoms with E-state index in [4.69, 9.17) is 26.0 Å². The normalized spacial score (nSPS) is 17.8. The van der Waals surface area contributed by atoms with Crippen LogP contribution in [-0.2, 0) is 47.8 Å². The average Bonchev–Trinajstić information content (AvgIpc) is 3.47. The van der Waals surface area contributed by atoms with Crippen LogP contribution in [0.5, 0.6) is 0 Å². The van der Waals surface area contributed by atoms with Crippen molar-refractivity contribution in [3.05, 3.63) is 0 Å². The number of nitrogens with one attached hydrogen (secondary N) is 1. The molecule has 3 amide bonds. The maximum atomic E-state index is 13.9. The number of nitrogens with zero attached hydrogens (tertiary/aromatic N) is 1. The zero-order chi connectivity index (χ0) is 37.3. The van der Waals surface area contributed by atoms with Crippen molar-refractivity contribution in [1.29, 1.82) is 0 Å². The largest absolute Gasteiger partial charge is 0.480 e. The van der Waals surface area contributed by atoms with Crippen LogP contribution >= 0.6 is 0 Å². The standard InChI is InChI=1S/C34H56N4O11/c1-6-9-22(32(45)27(39)11-12-29(41)37-25(33(36)46)10-7-8-13-35)14-28(40)26-15-23(48-19-30(42)43)17-38(26)34(47)24(21(4)5)16-31(44)49-18-20(2)3/h20-26H,6-19,35H2,1-5H3,(H2,36,46)(H,37,41)(H,42,43)/t22?,23-,24?,25?,26+/m1/s1. The van der Waals surface area contributed by atoms with Crippen LogP contribution in [0.3, 0.4) is 0 Å². The minimum Gasteiger partial charge on any atom is -0.480 e. The van der Waals surface area contributed by atoms with Crippen LogP contribution in [0, 0.1) is 23.7 Å². The predicted molar refractivity (Wildman–Crippen MR) is 178 cm³/mol. The van der Waals surface area contributed by atoms with Crippen LogP contribution in [-0.4, -0.2) is 102 Å². The average molecular weight is 697 g/mol. The number of rotatable bonds is 25. The Bertz CT molecular complexity index is 1170. The molecule has 0 spiro atoms. The summed E-state index contributed by atoms with van der Waals surface area (Å²) in [5.41, 5.74) is 10.8. The van der Waals surface area contributed by atoms with Gasteiger partial charge in [0.05, 0.1) is 31.1 Å². The molecule has 1 heterocycles. The second-order valence-corrected chi connectivity index (χ2v) is 13.5. The van der Waals surface area contributed by atoms with Crippen LogP contribution in [0.15, 0.2) is 0 Å². The number of aliphatic carboxylic acids is 1. The first-order chi connectivity index (χ1) is 23.0. The quantitative estimate of drug-likeness (QED) is 0.0600. The fourth-order valence-electron chi connectivity index (χ4n) is 5.65. The van der Waals surface area contributed by atoms with Gasteiger partial charge in [-0.25, -0.2) is 4.79 Å². The third-order valence-electron chi connectivity index (χ3n) is 8.38. The number of carbonyl (C=O) groups is 8. The topological polar surface area (TPSA) is 243 Å². The molecular weight excluding hydrogens is 640 g/mol. The summed E-state index contributed by atoms with van der Waals surface area (Å²) in [6, 6.07) is -2.01. The number of hydrogen-bond donors (Lipinski definition) is 4. The Morgan fingerprint density at radius 1 is 0.959 bits per heavy atom.